The van der Waals surface area contributed by atoms with Gasteiger partial charge in [-0.3, -0.25) is 60.0 Å². The number of amides is 6. The lowest BCUT2D eigenvalue weighted by Crippen LogP contribution is -2.29. The molecule has 2 aromatic heterocycles. The number of urea groups is 1. The first-order valence-electron chi connectivity index (χ1n) is 27.8. The van der Waals surface area contributed by atoms with Crippen LogP contribution in [-0.4, -0.2) is 84.3 Å². The number of phosphoric ester groups is 2. The first-order chi connectivity index (χ1) is 44.9. The molecule has 0 radical (unpaired) electrons. The molecule has 0 bridgehead atoms. The van der Waals surface area contributed by atoms with Crippen LogP contribution in [0, 0.1) is 20.2 Å². The zero-order valence-corrected chi connectivity index (χ0v) is 51.2. The van der Waals surface area contributed by atoms with Crippen LogP contribution >= 0.6 is 38.8 Å². The van der Waals surface area contributed by atoms with Crippen LogP contribution in [0.15, 0.2) is 154 Å². The summed E-state index contributed by atoms with van der Waals surface area (Å²) in [6, 6.07) is 35.5. The lowest BCUT2D eigenvalue weighted by molar-refractivity contribution is -0.385. The summed E-state index contributed by atoms with van der Waals surface area (Å²) in [6.07, 6.45) is -1.96. The van der Waals surface area contributed by atoms with Gasteiger partial charge in [0.1, 0.15) is 24.4 Å². The van der Waals surface area contributed by atoms with Crippen LogP contribution in [0.1, 0.15) is 55.2 Å². The van der Waals surface area contributed by atoms with E-state index in [0.29, 0.717) is 60.6 Å². The second kappa shape index (κ2) is 25.5. The Morgan fingerprint density at radius 1 is 0.532 bits per heavy atom. The van der Waals surface area contributed by atoms with E-state index >= 15 is 0 Å². The number of hydrogen-bond acceptors (Lipinski definition) is 17. The van der Waals surface area contributed by atoms with E-state index in [0.717, 1.165) is 35.4 Å². The van der Waals surface area contributed by atoms with E-state index in [9.17, 15) is 72.9 Å². The zero-order valence-electron chi connectivity index (χ0n) is 47.9. The number of ether oxygens (including phenoxy) is 2. The quantitative estimate of drug-likeness (QED) is 0.0171. The van der Waals surface area contributed by atoms with Crippen LogP contribution in [0.25, 0.3) is 43.5 Å². The average Bonchev–Trinajstić information content (AvgIpc) is 1.57. The minimum atomic E-state index is -5.20. The van der Waals surface area contributed by atoms with Gasteiger partial charge in [0.2, 0.25) is 11.5 Å². The number of rotatable bonds is 18. The van der Waals surface area contributed by atoms with Gasteiger partial charge >= 0.3 is 45.2 Å². The first-order valence-corrected chi connectivity index (χ1v) is 32.0. The van der Waals surface area contributed by atoms with E-state index in [-0.39, 0.29) is 76.3 Å². The largest absolute Gasteiger partial charge is 0.525 e. The van der Waals surface area contributed by atoms with Gasteiger partial charge in [0.25, 0.3) is 11.8 Å². The third-order valence-electron chi connectivity index (χ3n) is 15.3. The lowest BCUT2D eigenvalue weighted by Gasteiger charge is -2.18. The molecule has 4 heterocycles. The number of nitro groups is 2. The summed E-state index contributed by atoms with van der Waals surface area (Å²) in [6.45, 7) is -0.719. The maximum absolute atomic E-state index is 14.5. The number of alkyl halides is 2. The highest BCUT2D eigenvalue weighted by atomic mass is 35.5. The molecule has 2 atom stereocenters. The summed E-state index contributed by atoms with van der Waals surface area (Å²) in [5.41, 5.74) is 2.70. The van der Waals surface area contributed by atoms with Crippen molar-refractivity contribution in [2.75, 3.05) is 55.9 Å². The molecule has 2 aliphatic rings. The van der Waals surface area contributed by atoms with E-state index in [1.807, 2.05) is 12.1 Å². The fourth-order valence-corrected chi connectivity index (χ4v) is 12.6. The molecule has 8 N–H and O–H groups in total. The van der Waals surface area contributed by atoms with Crippen molar-refractivity contribution in [3.05, 3.63) is 200 Å². The second-order valence-corrected chi connectivity index (χ2v) is 24.3. The second-order valence-electron chi connectivity index (χ2n) is 21.3. The SMILES string of the molecule is O=C(Nc1ccc2oc(C(=O)N3CC(CCl)c4c3cc(NC(=O)OCc3ccc([N+](=O)[O-])c(OP(=O)(O)O)c3)c3ccccc43)cc2c1)Nc1ccc2cc(C(=O)N3CC(CCl)c4c3cc(NC(=O)OCc3ccc([N+](=O)[O-])c(OP(=O)(O)O)c3)c3ccccc43)oc2c1. The Balaban J connectivity index is 0.714. The van der Waals surface area contributed by atoms with Crippen LogP contribution in [0.4, 0.5) is 59.9 Å². The van der Waals surface area contributed by atoms with Gasteiger partial charge in [0.05, 0.1) is 32.6 Å². The number of nitrogens with one attached hydrogen (secondary N) is 4. The molecule has 0 aliphatic carbocycles. The molecule has 29 nitrogen and oxygen atoms in total. The van der Waals surface area contributed by atoms with Gasteiger partial charge in [-0.05, 0) is 112 Å². The molecule has 0 spiro atoms. The molecule has 2 unspecified atom stereocenters. The molecule has 94 heavy (non-hydrogen) atoms. The fraction of sp³-hybridized carbons (Fsp3) is 0.131. The fourth-order valence-electron chi connectivity index (χ4n) is 11.3. The van der Waals surface area contributed by atoms with Crippen molar-refractivity contribution >= 4 is 158 Å². The molecule has 0 fully saturated rings. The lowest BCUT2D eigenvalue weighted by atomic mass is 9.95. The number of nitro benzene ring substituents is 2. The van der Waals surface area contributed by atoms with E-state index in [1.54, 1.807) is 84.9 Å². The average molecular weight is 1360 g/mol. The summed E-state index contributed by atoms with van der Waals surface area (Å²) in [5.74, 6) is -3.15. The first kappa shape index (κ1) is 63.5. The maximum Gasteiger partial charge on any atom is 0.525 e. The summed E-state index contributed by atoms with van der Waals surface area (Å²) in [7, 11) is -10.4. The number of halogens is 2. The van der Waals surface area contributed by atoms with Crippen LogP contribution in [0.2, 0.25) is 0 Å². The highest BCUT2D eigenvalue weighted by Gasteiger charge is 2.39. The normalized spacial score (nSPS) is 14.4. The molecule has 8 aromatic carbocycles. The van der Waals surface area contributed by atoms with Gasteiger partial charge in [0, 0.05) is 87.8 Å². The number of fused-ring (bicyclic) bond motifs is 8. The van der Waals surface area contributed by atoms with Crippen LogP contribution < -0.4 is 40.1 Å². The molecule has 12 rings (SSSR count). The molecule has 10 aromatic rings. The molecular weight excluding hydrogens is 1310 g/mol. The predicted octanol–water partition coefficient (Wildman–Crippen LogP) is 13.4. The van der Waals surface area contributed by atoms with E-state index in [2.05, 4.69) is 30.3 Å². The summed E-state index contributed by atoms with van der Waals surface area (Å²) < 4.78 is 55.0. The summed E-state index contributed by atoms with van der Waals surface area (Å²) in [4.78, 5) is 130. The van der Waals surface area contributed by atoms with Gasteiger partial charge in [-0.15, -0.1) is 23.2 Å². The van der Waals surface area contributed by atoms with Gasteiger partial charge in [-0.1, -0.05) is 48.5 Å². The van der Waals surface area contributed by atoms with Crippen molar-refractivity contribution in [3.8, 4) is 11.5 Å². The molecule has 2 aliphatic heterocycles. The molecule has 6 amide bonds. The smallest absolute Gasteiger partial charge is 0.451 e. The Morgan fingerprint density at radius 3 is 1.43 bits per heavy atom. The summed E-state index contributed by atoms with van der Waals surface area (Å²) >= 11 is 13.1. The maximum atomic E-state index is 14.5. The number of nitrogens with zero attached hydrogens (tertiary/aromatic N) is 4. The molecule has 0 saturated heterocycles. The Hall–Kier alpha value is -10.6. The number of benzene rings is 8. The van der Waals surface area contributed by atoms with Gasteiger partial charge < -0.3 is 47.8 Å². The van der Waals surface area contributed by atoms with E-state index in [4.69, 9.17) is 41.5 Å². The topological polar surface area (TPSA) is 404 Å². The number of phosphoric acid groups is 2. The number of hydrogen-bond donors (Lipinski definition) is 8. The highest BCUT2D eigenvalue weighted by Crippen LogP contribution is 2.49. The number of carbonyl (C=O) groups excluding carboxylic acids is 5. The van der Waals surface area contributed by atoms with Crippen molar-refractivity contribution in [3.63, 3.8) is 0 Å². The van der Waals surface area contributed by atoms with Crippen LogP contribution in [-0.2, 0) is 31.8 Å². The van der Waals surface area contributed by atoms with Gasteiger partial charge in [-0.2, -0.15) is 0 Å². The van der Waals surface area contributed by atoms with Crippen molar-refractivity contribution in [1.82, 2.24) is 0 Å². The minimum absolute atomic E-state index is 0.0592. The highest BCUT2D eigenvalue weighted by molar-refractivity contribution is 7.47. The summed E-state index contributed by atoms with van der Waals surface area (Å²) in [5, 5.41) is 37.3. The third-order valence-corrected chi connectivity index (χ3v) is 16.9. The van der Waals surface area contributed by atoms with E-state index in [1.165, 1.54) is 34.1 Å². The van der Waals surface area contributed by atoms with Gasteiger partial charge in [0.15, 0.2) is 11.5 Å². The monoisotopic (exact) mass is 1360 g/mol. The van der Waals surface area contributed by atoms with Gasteiger partial charge in [-0.25, -0.2) is 23.5 Å². The van der Waals surface area contributed by atoms with Crippen molar-refractivity contribution in [2.24, 2.45) is 0 Å². The predicted molar refractivity (Wildman–Crippen MR) is 342 cm³/mol. The number of anilines is 6. The molecule has 480 valence electrons. The van der Waals surface area contributed by atoms with Crippen molar-refractivity contribution in [2.45, 2.75) is 25.0 Å². The Bertz CT molecular complexity index is 4640. The zero-order chi connectivity index (χ0) is 66.5. The molecule has 0 saturated carbocycles. The van der Waals surface area contributed by atoms with Crippen LogP contribution in [0.5, 0.6) is 11.5 Å². The number of furan rings is 2. The molecular formula is C61H46Cl2N8O21P2. The van der Waals surface area contributed by atoms with Crippen molar-refractivity contribution in [1.29, 1.82) is 0 Å². The number of carbonyl (C=O) groups is 5. The molecule has 33 heteroatoms. The Labute approximate surface area is 537 Å². The van der Waals surface area contributed by atoms with Crippen molar-refractivity contribution < 1.29 is 89.9 Å². The Morgan fingerprint density at radius 2 is 0.968 bits per heavy atom. The standard InChI is InChI=1S/C61H46Cl2N8O21P2/c62-25-35-27-68(47-23-43(39-5-1-3-7-41(39)55(35)47)66-60(75)87-29-31-9-14-45(70(77)78)51(17-31)91-93(81,82)83)57(72)53-20-33-11-12-38(22-50(33)90-53)65-59(74)64-37-13-16-49-34(19-37)21-54(89-49)58(73)69-28-36(26-63)56-42-8-4-2-6-40(42)44(24-48(56)69)67-61(76)88-30-32-10-15-46(71(79)80)52(18-32)92-94(84,85)86/h1-24,35-36H,25-30H2,(H,66,75)(H,67,76)(H2,64,65,74)(H2,81,82,83)(H2,84,85,86). The van der Waals surface area contributed by atoms with E-state index < -0.39 is 91.6 Å². The Kier molecular flexibility index (Phi) is 17.2. The minimum Gasteiger partial charge on any atom is -0.451 e. The third kappa shape index (κ3) is 13.2. The van der Waals surface area contributed by atoms with Crippen LogP contribution in [0.3, 0.4) is 0 Å².